The molecule has 0 fully saturated rings. The van der Waals surface area contributed by atoms with Gasteiger partial charge in [-0.05, 0) is 39.3 Å². The van der Waals surface area contributed by atoms with E-state index in [1.54, 1.807) is 0 Å². The summed E-state index contributed by atoms with van der Waals surface area (Å²) >= 11 is 0. The van der Waals surface area contributed by atoms with Crippen molar-refractivity contribution in [3.05, 3.63) is 48.5 Å². The second-order valence-electron chi connectivity index (χ2n) is 7.12. The molecule has 0 saturated heterocycles. The molecule has 2 aromatic carbocycles. The summed E-state index contributed by atoms with van der Waals surface area (Å²) in [6, 6.07) is 16.9. The minimum Gasteiger partial charge on any atom is -0.348 e. The Morgan fingerprint density at radius 1 is 0.909 bits per heavy atom. The maximum absolute atomic E-state index is 4.91. The average Bonchev–Trinajstić information content (AvgIpc) is 2.92. The summed E-state index contributed by atoms with van der Waals surface area (Å²) in [7, 11) is 0. The lowest BCUT2D eigenvalue weighted by Gasteiger charge is -2.35. The molecule has 1 aliphatic heterocycles. The van der Waals surface area contributed by atoms with Gasteiger partial charge in [-0.2, -0.15) is 0 Å². The highest BCUT2D eigenvalue weighted by atomic mass is 15.3. The first-order valence-corrected chi connectivity index (χ1v) is 7.77. The summed E-state index contributed by atoms with van der Waals surface area (Å²) in [4.78, 5) is 4.91. The highest BCUT2D eigenvalue weighted by Crippen LogP contribution is 2.44. The van der Waals surface area contributed by atoms with E-state index >= 15 is 0 Å². The van der Waals surface area contributed by atoms with Gasteiger partial charge >= 0.3 is 0 Å². The van der Waals surface area contributed by atoms with Crippen LogP contribution in [0, 0.1) is 0 Å². The van der Waals surface area contributed by atoms with E-state index in [9.17, 15) is 0 Å². The Hall–Kier alpha value is -2.29. The van der Waals surface area contributed by atoms with Crippen LogP contribution in [0.2, 0.25) is 0 Å². The van der Waals surface area contributed by atoms with Gasteiger partial charge in [-0.15, -0.1) is 0 Å². The van der Waals surface area contributed by atoms with Crippen LogP contribution in [0.5, 0.6) is 0 Å². The number of nitrogens with zero attached hydrogens (tertiary/aromatic N) is 2. The van der Waals surface area contributed by atoms with Crippen molar-refractivity contribution in [2.45, 2.75) is 38.8 Å². The Morgan fingerprint density at radius 2 is 1.64 bits per heavy atom. The largest absolute Gasteiger partial charge is 0.348 e. The van der Waals surface area contributed by atoms with Crippen molar-refractivity contribution in [1.82, 2.24) is 9.55 Å². The highest BCUT2D eigenvalue weighted by molar-refractivity contribution is 5.94. The molecule has 3 nitrogen and oxygen atoms in total. The molecule has 0 bridgehead atoms. The van der Waals surface area contributed by atoms with E-state index in [1.165, 1.54) is 16.6 Å². The fourth-order valence-corrected chi connectivity index (χ4v) is 3.31. The van der Waals surface area contributed by atoms with Crippen molar-refractivity contribution in [3.63, 3.8) is 0 Å². The Kier molecular flexibility index (Phi) is 2.51. The number of imidazole rings is 1. The molecule has 3 aromatic rings. The summed E-state index contributed by atoms with van der Waals surface area (Å²) < 4.78 is 2.34. The predicted molar refractivity (Wildman–Crippen MR) is 92.2 cm³/mol. The van der Waals surface area contributed by atoms with E-state index in [0.717, 1.165) is 11.5 Å². The minimum atomic E-state index is -0.0353. The fraction of sp³-hybridized carbons (Fsp3) is 0.316. The molecule has 0 spiro atoms. The number of benzene rings is 2. The first-order valence-electron chi connectivity index (χ1n) is 7.77. The second kappa shape index (κ2) is 4.13. The van der Waals surface area contributed by atoms with Crippen molar-refractivity contribution in [2.24, 2.45) is 0 Å². The Balaban J connectivity index is 2.01. The SMILES string of the molecule is CC1(C)Nc2nc3c(-c4ccccc4)cccc3n2C1(C)C. The van der Waals surface area contributed by atoms with Gasteiger partial charge < -0.3 is 9.88 Å². The molecule has 1 aromatic heterocycles. The van der Waals surface area contributed by atoms with Gasteiger partial charge in [0.05, 0.1) is 22.1 Å². The lowest BCUT2D eigenvalue weighted by atomic mass is 9.84. The molecule has 0 amide bonds. The van der Waals surface area contributed by atoms with Gasteiger partial charge in [0.2, 0.25) is 5.95 Å². The van der Waals surface area contributed by atoms with E-state index in [-0.39, 0.29) is 11.1 Å². The van der Waals surface area contributed by atoms with Crippen LogP contribution in [-0.2, 0) is 5.54 Å². The van der Waals surface area contributed by atoms with Crippen LogP contribution < -0.4 is 5.32 Å². The number of fused-ring (bicyclic) bond motifs is 3. The summed E-state index contributed by atoms with van der Waals surface area (Å²) in [6.07, 6.45) is 0. The van der Waals surface area contributed by atoms with E-state index in [1.807, 2.05) is 6.07 Å². The van der Waals surface area contributed by atoms with Crippen LogP contribution in [0.15, 0.2) is 48.5 Å². The van der Waals surface area contributed by atoms with E-state index in [0.29, 0.717) is 0 Å². The molecule has 4 rings (SSSR count). The third-order valence-corrected chi connectivity index (χ3v) is 5.28. The van der Waals surface area contributed by atoms with Gasteiger partial charge in [0, 0.05) is 5.56 Å². The first kappa shape index (κ1) is 13.4. The van der Waals surface area contributed by atoms with Crippen LogP contribution in [-0.4, -0.2) is 15.1 Å². The van der Waals surface area contributed by atoms with Crippen molar-refractivity contribution in [2.75, 3.05) is 5.32 Å². The molecule has 22 heavy (non-hydrogen) atoms. The second-order valence-corrected chi connectivity index (χ2v) is 7.12. The quantitative estimate of drug-likeness (QED) is 0.707. The van der Waals surface area contributed by atoms with Crippen LogP contribution in [0.4, 0.5) is 5.95 Å². The topological polar surface area (TPSA) is 29.9 Å². The van der Waals surface area contributed by atoms with E-state index < -0.39 is 0 Å². The normalized spacial score (nSPS) is 18.2. The number of aromatic nitrogens is 2. The lowest BCUT2D eigenvalue weighted by molar-refractivity contribution is 0.270. The lowest BCUT2D eigenvalue weighted by Crippen LogP contribution is -2.46. The molecule has 112 valence electrons. The number of rotatable bonds is 1. The van der Waals surface area contributed by atoms with Gasteiger partial charge in [-0.25, -0.2) is 4.98 Å². The summed E-state index contributed by atoms with van der Waals surface area (Å²) in [5.41, 5.74) is 4.61. The Morgan fingerprint density at radius 3 is 2.36 bits per heavy atom. The van der Waals surface area contributed by atoms with Gasteiger partial charge in [-0.3, -0.25) is 0 Å². The van der Waals surface area contributed by atoms with Gasteiger partial charge in [-0.1, -0.05) is 42.5 Å². The van der Waals surface area contributed by atoms with Crippen molar-refractivity contribution >= 4 is 17.0 Å². The summed E-state index contributed by atoms with van der Waals surface area (Å²) in [6.45, 7) is 9.00. The van der Waals surface area contributed by atoms with Crippen LogP contribution in [0.3, 0.4) is 0 Å². The third kappa shape index (κ3) is 1.59. The average molecular weight is 291 g/mol. The van der Waals surface area contributed by atoms with E-state index in [2.05, 4.69) is 80.0 Å². The number of nitrogens with one attached hydrogen (secondary N) is 1. The van der Waals surface area contributed by atoms with Crippen LogP contribution in [0.25, 0.3) is 22.2 Å². The smallest absolute Gasteiger partial charge is 0.205 e. The fourth-order valence-electron chi connectivity index (χ4n) is 3.31. The molecule has 0 aliphatic carbocycles. The minimum absolute atomic E-state index is 0.0216. The number of anilines is 1. The maximum atomic E-state index is 4.91. The summed E-state index contributed by atoms with van der Waals surface area (Å²) in [5, 5.41) is 3.58. The highest BCUT2D eigenvalue weighted by Gasteiger charge is 2.47. The molecule has 0 unspecified atom stereocenters. The number of hydrogen-bond donors (Lipinski definition) is 1. The van der Waals surface area contributed by atoms with Crippen molar-refractivity contribution in [1.29, 1.82) is 0 Å². The zero-order valence-corrected chi connectivity index (χ0v) is 13.5. The monoisotopic (exact) mass is 291 g/mol. The molecular weight excluding hydrogens is 270 g/mol. The molecule has 3 heteroatoms. The van der Waals surface area contributed by atoms with Gasteiger partial charge in [0.25, 0.3) is 0 Å². The third-order valence-electron chi connectivity index (χ3n) is 5.28. The molecule has 0 atom stereocenters. The molecule has 1 N–H and O–H groups in total. The molecule has 1 aliphatic rings. The zero-order valence-electron chi connectivity index (χ0n) is 13.5. The predicted octanol–water partition coefficient (Wildman–Crippen LogP) is 4.64. The number of hydrogen-bond acceptors (Lipinski definition) is 2. The Bertz CT molecular complexity index is 857. The van der Waals surface area contributed by atoms with E-state index in [4.69, 9.17) is 4.98 Å². The Labute approximate surface area is 131 Å². The first-order chi connectivity index (χ1) is 10.4. The molecule has 0 saturated carbocycles. The van der Waals surface area contributed by atoms with Crippen LogP contribution in [0.1, 0.15) is 27.7 Å². The molecule has 2 heterocycles. The number of para-hydroxylation sites is 1. The summed E-state index contributed by atoms with van der Waals surface area (Å²) in [5.74, 6) is 0.966. The van der Waals surface area contributed by atoms with Crippen molar-refractivity contribution in [3.8, 4) is 11.1 Å². The zero-order chi connectivity index (χ0) is 15.5. The molecule has 0 radical (unpaired) electrons. The standard InChI is InChI=1S/C19H21N3/c1-18(2)19(3,4)22-15-12-8-11-14(13-9-6-5-7-10-13)16(15)20-17(22)21-18/h5-12H,1-4H3,(H,20,21). The van der Waals surface area contributed by atoms with Crippen molar-refractivity contribution < 1.29 is 0 Å². The van der Waals surface area contributed by atoms with Gasteiger partial charge in [0.15, 0.2) is 0 Å². The van der Waals surface area contributed by atoms with Crippen LogP contribution >= 0.6 is 0 Å². The molecular formula is C19H21N3. The maximum Gasteiger partial charge on any atom is 0.205 e. The van der Waals surface area contributed by atoms with Gasteiger partial charge in [0.1, 0.15) is 0 Å².